The highest BCUT2D eigenvalue weighted by molar-refractivity contribution is 5.40. The second-order valence-electron chi connectivity index (χ2n) is 5.91. The van der Waals surface area contributed by atoms with Crippen molar-refractivity contribution in [2.45, 2.75) is 25.1 Å². The van der Waals surface area contributed by atoms with E-state index < -0.39 is 12.7 Å². The van der Waals surface area contributed by atoms with Crippen molar-refractivity contribution in [3.05, 3.63) is 12.4 Å². The third-order valence-electron chi connectivity index (χ3n) is 3.96. The van der Waals surface area contributed by atoms with Gasteiger partial charge in [-0.2, -0.15) is 18.3 Å². The Hall–Kier alpha value is -1.24. The van der Waals surface area contributed by atoms with Gasteiger partial charge in [0.25, 0.3) is 0 Å². The molecule has 7 heteroatoms. The van der Waals surface area contributed by atoms with E-state index in [2.05, 4.69) is 10.4 Å². The lowest BCUT2D eigenvalue weighted by atomic mass is 9.60. The molecule has 0 amide bonds. The van der Waals surface area contributed by atoms with Gasteiger partial charge in [0.15, 0.2) is 0 Å². The van der Waals surface area contributed by atoms with Gasteiger partial charge >= 0.3 is 6.18 Å². The molecule has 1 aromatic heterocycles. The minimum atomic E-state index is -4.07. The number of aromatic nitrogens is 2. The Morgan fingerprint density at radius 1 is 1.42 bits per heavy atom. The molecule has 2 heterocycles. The number of nitrogens with zero attached hydrogens (tertiary/aromatic N) is 3. The molecule has 1 N–H and O–H groups in total. The SMILES string of the molecule is Cn1cc(NC2CC3(C2)CN(CC(F)(F)F)C3)cn1. The standard InChI is InChI=1S/C12H17F3N4/c1-18-5-10(4-16-18)17-9-2-11(3-9)6-19(7-11)8-12(13,14)15/h4-5,9,17H,2-3,6-8H2,1H3. The van der Waals surface area contributed by atoms with Crippen molar-refractivity contribution in [1.82, 2.24) is 14.7 Å². The van der Waals surface area contributed by atoms with E-state index in [1.54, 1.807) is 10.9 Å². The summed E-state index contributed by atoms with van der Waals surface area (Å²) in [5, 5.41) is 7.43. The van der Waals surface area contributed by atoms with Crippen LogP contribution < -0.4 is 5.32 Å². The van der Waals surface area contributed by atoms with Gasteiger partial charge in [0.1, 0.15) is 0 Å². The first-order valence-electron chi connectivity index (χ1n) is 6.38. The number of hydrogen-bond donors (Lipinski definition) is 1. The van der Waals surface area contributed by atoms with E-state index in [9.17, 15) is 13.2 Å². The lowest BCUT2D eigenvalue weighted by Gasteiger charge is -2.59. The molecule has 1 aromatic rings. The highest BCUT2D eigenvalue weighted by atomic mass is 19.4. The van der Waals surface area contributed by atoms with E-state index in [0.717, 1.165) is 18.5 Å². The van der Waals surface area contributed by atoms with Crippen LogP contribution >= 0.6 is 0 Å². The van der Waals surface area contributed by atoms with Crippen molar-refractivity contribution in [2.75, 3.05) is 25.0 Å². The van der Waals surface area contributed by atoms with Crippen LogP contribution in [0.2, 0.25) is 0 Å². The molecule has 0 atom stereocenters. The summed E-state index contributed by atoms with van der Waals surface area (Å²) in [6.45, 7) is 0.394. The van der Waals surface area contributed by atoms with E-state index in [4.69, 9.17) is 0 Å². The fraction of sp³-hybridized carbons (Fsp3) is 0.750. The number of nitrogens with one attached hydrogen (secondary N) is 1. The van der Waals surface area contributed by atoms with Crippen molar-refractivity contribution in [1.29, 1.82) is 0 Å². The number of hydrogen-bond acceptors (Lipinski definition) is 3. The molecule has 1 saturated carbocycles. The molecule has 2 fully saturated rings. The fourth-order valence-electron chi connectivity index (χ4n) is 3.35. The molecular weight excluding hydrogens is 257 g/mol. The van der Waals surface area contributed by atoms with Gasteiger partial charge in [0, 0.05) is 32.4 Å². The zero-order valence-electron chi connectivity index (χ0n) is 10.7. The summed E-state index contributed by atoms with van der Waals surface area (Å²) in [7, 11) is 1.86. The Kier molecular flexibility index (Phi) is 2.78. The van der Waals surface area contributed by atoms with Gasteiger partial charge in [-0.1, -0.05) is 0 Å². The number of aryl methyl sites for hydroxylation is 1. The molecule has 3 rings (SSSR count). The highest BCUT2D eigenvalue weighted by Crippen LogP contribution is 2.49. The number of likely N-dealkylation sites (tertiary alicyclic amines) is 1. The van der Waals surface area contributed by atoms with Crippen LogP contribution in [0, 0.1) is 5.41 Å². The van der Waals surface area contributed by atoms with Crippen molar-refractivity contribution in [3.8, 4) is 0 Å². The third kappa shape index (κ3) is 2.70. The van der Waals surface area contributed by atoms with E-state index in [0.29, 0.717) is 19.1 Å². The van der Waals surface area contributed by atoms with Crippen LogP contribution in [0.5, 0.6) is 0 Å². The van der Waals surface area contributed by atoms with Crippen LogP contribution in [0.15, 0.2) is 12.4 Å². The largest absolute Gasteiger partial charge is 0.401 e. The summed E-state index contributed by atoms with van der Waals surface area (Å²) in [5.41, 5.74) is 1.11. The van der Waals surface area contributed by atoms with Gasteiger partial charge in [-0.3, -0.25) is 9.58 Å². The Balaban J connectivity index is 1.42. The van der Waals surface area contributed by atoms with Crippen LogP contribution in [0.25, 0.3) is 0 Å². The van der Waals surface area contributed by atoms with Gasteiger partial charge in [-0.05, 0) is 18.3 Å². The van der Waals surface area contributed by atoms with E-state index >= 15 is 0 Å². The number of halogens is 3. The van der Waals surface area contributed by atoms with Crippen molar-refractivity contribution >= 4 is 5.69 Å². The van der Waals surface area contributed by atoms with Crippen LogP contribution in [0.4, 0.5) is 18.9 Å². The fourth-order valence-corrected chi connectivity index (χ4v) is 3.35. The van der Waals surface area contributed by atoms with Gasteiger partial charge in [0.05, 0.1) is 18.4 Å². The summed E-state index contributed by atoms with van der Waals surface area (Å²) in [4.78, 5) is 1.49. The zero-order valence-corrected chi connectivity index (χ0v) is 10.7. The maximum Gasteiger partial charge on any atom is 0.401 e. The molecule has 0 aromatic carbocycles. The topological polar surface area (TPSA) is 33.1 Å². The van der Waals surface area contributed by atoms with Crippen LogP contribution in [-0.2, 0) is 7.05 Å². The Labute approximate surface area is 109 Å². The predicted octanol–water partition coefficient (Wildman–Crippen LogP) is 1.86. The third-order valence-corrected chi connectivity index (χ3v) is 3.96. The van der Waals surface area contributed by atoms with Crippen LogP contribution in [0.3, 0.4) is 0 Å². The Morgan fingerprint density at radius 3 is 2.63 bits per heavy atom. The molecule has 0 radical (unpaired) electrons. The van der Waals surface area contributed by atoms with E-state index in [1.807, 2.05) is 13.2 Å². The number of rotatable bonds is 3. The summed E-state index contributed by atoms with van der Waals surface area (Å²) in [5.74, 6) is 0. The molecule has 4 nitrogen and oxygen atoms in total. The molecule has 0 unspecified atom stereocenters. The molecule has 1 aliphatic carbocycles. The lowest BCUT2D eigenvalue weighted by Crippen LogP contribution is -2.66. The highest BCUT2D eigenvalue weighted by Gasteiger charge is 2.53. The van der Waals surface area contributed by atoms with Gasteiger partial charge in [-0.25, -0.2) is 0 Å². The Morgan fingerprint density at radius 2 is 2.11 bits per heavy atom. The van der Waals surface area contributed by atoms with Crippen molar-refractivity contribution in [3.63, 3.8) is 0 Å². The first kappa shape index (κ1) is 12.8. The quantitative estimate of drug-likeness (QED) is 0.913. The molecule has 1 aliphatic heterocycles. The first-order chi connectivity index (χ1) is 8.84. The second-order valence-corrected chi connectivity index (χ2v) is 5.91. The summed E-state index contributed by atoms with van der Waals surface area (Å²) < 4.78 is 38.3. The smallest absolute Gasteiger partial charge is 0.380 e. The monoisotopic (exact) mass is 274 g/mol. The average Bonchev–Trinajstić information content (AvgIpc) is 2.55. The molecule has 2 aliphatic rings. The van der Waals surface area contributed by atoms with Crippen LogP contribution in [0.1, 0.15) is 12.8 Å². The predicted molar refractivity (Wildman–Crippen MR) is 64.8 cm³/mol. The van der Waals surface area contributed by atoms with Crippen molar-refractivity contribution in [2.24, 2.45) is 12.5 Å². The van der Waals surface area contributed by atoms with Gasteiger partial charge < -0.3 is 5.32 Å². The summed E-state index contributed by atoms with van der Waals surface area (Å²) >= 11 is 0. The minimum Gasteiger partial charge on any atom is -0.380 e. The molecule has 1 saturated heterocycles. The van der Waals surface area contributed by atoms with Crippen molar-refractivity contribution < 1.29 is 13.2 Å². The van der Waals surface area contributed by atoms with Gasteiger partial charge in [0.2, 0.25) is 0 Å². The summed E-state index contributed by atoms with van der Waals surface area (Å²) in [6.07, 6.45) is 1.51. The molecule has 0 bridgehead atoms. The van der Waals surface area contributed by atoms with E-state index in [1.165, 1.54) is 4.90 Å². The number of anilines is 1. The molecular formula is C12H17F3N4. The number of alkyl halides is 3. The molecule has 19 heavy (non-hydrogen) atoms. The maximum absolute atomic E-state index is 12.2. The van der Waals surface area contributed by atoms with E-state index in [-0.39, 0.29) is 5.41 Å². The minimum absolute atomic E-state index is 0.130. The zero-order chi connectivity index (χ0) is 13.7. The first-order valence-corrected chi connectivity index (χ1v) is 6.38. The normalized spacial score (nSPS) is 23.2. The maximum atomic E-state index is 12.2. The Bertz CT molecular complexity index is 454. The molecule has 1 spiro atoms. The molecule has 106 valence electrons. The second kappa shape index (κ2) is 4.13. The summed E-state index contributed by atoms with van der Waals surface area (Å²) in [6, 6.07) is 0.372. The van der Waals surface area contributed by atoms with Gasteiger partial charge in [-0.15, -0.1) is 0 Å². The lowest BCUT2D eigenvalue weighted by molar-refractivity contribution is -0.180. The van der Waals surface area contributed by atoms with Crippen LogP contribution in [-0.4, -0.2) is 46.5 Å². The average molecular weight is 274 g/mol.